The Bertz CT molecular complexity index is 1330. The van der Waals surface area contributed by atoms with Crippen molar-refractivity contribution < 1.29 is 36.6 Å². The van der Waals surface area contributed by atoms with E-state index in [4.69, 9.17) is 16.3 Å². The fourth-order valence-electron chi connectivity index (χ4n) is 3.48. The Kier molecular flexibility index (Phi) is 6.93. The molecule has 1 saturated carbocycles. The maximum atomic E-state index is 15.3. The minimum atomic E-state index is -4.81. The van der Waals surface area contributed by atoms with Crippen LogP contribution in [0, 0.1) is 11.6 Å². The first kappa shape index (κ1) is 26.8. The number of rotatable bonds is 7. The minimum absolute atomic E-state index is 0.0534. The zero-order valence-corrected chi connectivity index (χ0v) is 20.6. The molecule has 1 aliphatic carbocycles. The zero-order chi connectivity index (χ0) is 27.3. The number of aromatic nitrogens is 3. The third kappa shape index (κ3) is 5.69. The summed E-state index contributed by atoms with van der Waals surface area (Å²) in [5.41, 5.74) is -2.86. The molecule has 1 unspecified atom stereocenters. The largest absolute Gasteiger partial charge is 0.480 e. The van der Waals surface area contributed by atoms with Gasteiger partial charge in [-0.15, -0.1) is 0 Å². The number of nitrogens with zero attached hydrogens (tertiary/aromatic N) is 3. The molecule has 37 heavy (non-hydrogen) atoms. The van der Waals surface area contributed by atoms with E-state index in [1.165, 1.54) is 30.7 Å². The number of carbonyl (C=O) groups is 1. The first-order valence-corrected chi connectivity index (χ1v) is 11.6. The van der Waals surface area contributed by atoms with E-state index < -0.39 is 52.4 Å². The average Bonchev–Trinajstić information content (AvgIpc) is 3.53. The van der Waals surface area contributed by atoms with Crippen LogP contribution in [0.2, 0.25) is 5.02 Å². The summed E-state index contributed by atoms with van der Waals surface area (Å²) in [6.07, 6.45) is -5.65. The number of nitrogens with one attached hydrogen (secondary N) is 1. The summed E-state index contributed by atoms with van der Waals surface area (Å²) in [6, 6.07) is 5.06. The third-order valence-corrected chi connectivity index (χ3v) is 5.91. The van der Waals surface area contributed by atoms with Gasteiger partial charge in [0.05, 0.1) is 27.9 Å². The summed E-state index contributed by atoms with van der Waals surface area (Å²) in [5.74, 6) is -3.82. The molecule has 2 N–H and O–H groups in total. The number of carbonyl (C=O) groups excluding carboxylic acids is 1. The molecular weight excluding hydrogens is 523 g/mol. The van der Waals surface area contributed by atoms with Gasteiger partial charge in [0.15, 0.2) is 17.8 Å². The Balaban J connectivity index is 1.80. The van der Waals surface area contributed by atoms with E-state index in [0.29, 0.717) is 13.0 Å². The topological polar surface area (TPSA) is 89.3 Å². The number of para-hydroxylation sites is 1. The van der Waals surface area contributed by atoms with E-state index in [-0.39, 0.29) is 28.3 Å². The molecule has 7 nitrogen and oxygen atoms in total. The summed E-state index contributed by atoms with van der Waals surface area (Å²) in [6.45, 7) is 3.65. The number of amides is 1. The third-order valence-electron chi connectivity index (χ3n) is 5.59. The smallest absolute Gasteiger partial charge is 0.425 e. The Morgan fingerprint density at radius 2 is 1.89 bits per heavy atom. The highest BCUT2D eigenvalue weighted by Gasteiger charge is 2.39. The lowest BCUT2D eigenvalue weighted by atomic mass is 10.1. The Morgan fingerprint density at radius 1 is 1.22 bits per heavy atom. The molecule has 1 amide bonds. The standard InChI is InChI=1S/C24H22ClF5N4O3/c1-11(24(28,29)30)37-18-10-13(20-32-22(23(2,3)36)34(33-20)12-7-8-12)17(27)9-14(18)21(35)31-19-15(25)5-4-6-16(19)26/h4-6,9-12,36H,7-8H2,1-3H3,(H,31,35). The van der Waals surface area contributed by atoms with Crippen LogP contribution in [0.4, 0.5) is 27.6 Å². The summed E-state index contributed by atoms with van der Waals surface area (Å²) in [5, 5.41) is 16.7. The van der Waals surface area contributed by atoms with Crippen molar-refractivity contribution in [2.24, 2.45) is 0 Å². The monoisotopic (exact) mass is 544 g/mol. The van der Waals surface area contributed by atoms with Gasteiger partial charge >= 0.3 is 6.18 Å². The number of anilines is 1. The van der Waals surface area contributed by atoms with Crippen molar-refractivity contribution in [2.45, 2.75) is 57.5 Å². The fourth-order valence-corrected chi connectivity index (χ4v) is 3.69. The molecule has 198 valence electrons. The van der Waals surface area contributed by atoms with Crippen LogP contribution in [0.15, 0.2) is 30.3 Å². The molecule has 1 atom stereocenters. The molecule has 13 heteroatoms. The van der Waals surface area contributed by atoms with Crippen molar-refractivity contribution in [3.8, 4) is 17.1 Å². The summed E-state index contributed by atoms with van der Waals surface area (Å²) in [7, 11) is 0. The van der Waals surface area contributed by atoms with Crippen molar-refractivity contribution in [2.75, 3.05) is 5.32 Å². The molecule has 1 heterocycles. The van der Waals surface area contributed by atoms with E-state index in [1.807, 2.05) is 0 Å². The Hall–Kier alpha value is -3.25. The van der Waals surface area contributed by atoms with Gasteiger partial charge in [-0.2, -0.15) is 18.3 Å². The minimum Gasteiger partial charge on any atom is -0.480 e. The van der Waals surface area contributed by atoms with Crippen LogP contribution in [-0.4, -0.2) is 38.1 Å². The predicted molar refractivity (Wildman–Crippen MR) is 124 cm³/mol. The van der Waals surface area contributed by atoms with E-state index in [0.717, 1.165) is 25.0 Å². The second-order valence-electron chi connectivity index (χ2n) is 9.17. The van der Waals surface area contributed by atoms with Gasteiger partial charge < -0.3 is 15.2 Å². The van der Waals surface area contributed by atoms with E-state index in [2.05, 4.69) is 15.4 Å². The highest BCUT2D eigenvalue weighted by atomic mass is 35.5. The lowest BCUT2D eigenvalue weighted by Crippen LogP contribution is -2.32. The second kappa shape index (κ2) is 9.56. The van der Waals surface area contributed by atoms with E-state index >= 15 is 4.39 Å². The average molecular weight is 545 g/mol. The van der Waals surface area contributed by atoms with Crippen molar-refractivity contribution in [1.29, 1.82) is 0 Å². The van der Waals surface area contributed by atoms with Gasteiger partial charge in [0.25, 0.3) is 5.91 Å². The molecule has 0 aliphatic heterocycles. The van der Waals surface area contributed by atoms with E-state index in [1.54, 1.807) is 0 Å². The molecule has 4 rings (SSSR count). The van der Waals surface area contributed by atoms with Crippen LogP contribution in [-0.2, 0) is 5.60 Å². The first-order valence-electron chi connectivity index (χ1n) is 11.2. The second-order valence-corrected chi connectivity index (χ2v) is 9.58. The lowest BCUT2D eigenvalue weighted by molar-refractivity contribution is -0.189. The molecule has 2 aromatic carbocycles. The molecule has 0 radical (unpaired) electrons. The molecule has 0 saturated heterocycles. The lowest BCUT2D eigenvalue weighted by Gasteiger charge is -2.20. The van der Waals surface area contributed by atoms with Gasteiger partial charge in [-0.1, -0.05) is 17.7 Å². The molecule has 1 aliphatic rings. The predicted octanol–water partition coefficient (Wildman–Crippen LogP) is 6.02. The Morgan fingerprint density at radius 3 is 2.46 bits per heavy atom. The number of alkyl halides is 3. The van der Waals surface area contributed by atoms with Gasteiger partial charge in [0.2, 0.25) is 0 Å². The van der Waals surface area contributed by atoms with Gasteiger partial charge in [-0.25, -0.2) is 18.4 Å². The molecular formula is C24H22ClF5N4O3. The van der Waals surface area contributed by atoms with Gasteiger partial charge in [0, 0.05) is 0 Å². The molecule has 0 spiro atoms. The fraction of sp³-hybridized carbons (Fsp3) is 0.375. The van der Waals surface area contributed by atoms with Crippen LogP contribution in [0.3, 0.4) is 0 Å². The number of hydrogen-bond acceptors (Lipinski definition) is 5. The molecule has 1 aromatic heterocycles. The van der Waals surface area contributed by atoms with Crippen molar-refractivity contribution >= 4 is 23.2 Å². The zero-order valence-electron chi connectivity index (χ0n) is 19.8. The highest BCUT2D eigenvalue weighted by molar-refractivity contribution is 6.34. The maximum absolute atomic E-state index is 15.3. The number of ether oxygens (including phenoxy) is 1. The van der Waals surface area contributed by atoms with Crippen molar-refractivity contribution in [3.05, 3.63) is 58.4 Å². The molecule has 1 fully saturated rings. The van der Waals surface area contributed by atoms with Crippen molar-refractivity contribution in [3.63, 3.8) is 0 Å². The van der Waals surface area contributed by atoms with Crippen LogP contribution in [0.5, 0.6) is 5.75 Å². The maximum Gasteiger partial charge on any atom is 0.425 e. The van der Waals surface area contributed by atoms with Gasteiger partial charge in [0.1, 0.15) is 23.0 Å². The van der Waals surface area contributed by atoms with Crippen LogP contribution < -0.4 is 10.1 Å². The molecule has 0 bridgehead atoms. The quantitative estimate of drug-likeness (QED) is 0.355. The first-order chi connectivity index (χ1) is 17.2. The highest BCUT2D eigenvalue weighted by Crippen LogP contribution is 2.39. The van der Waals surface area contributed by atoms with Crippen molar-refractivity contribution in [1.82, 2.24) is 14.8 Å². The number of hydrogen-bond donors (Lipinski definition) is 2. The SMILES string of the molecule is CC(Oc1cc(-c2nc(C(C)(C)O)n(C3CC3)n2)c(F)cc1C(=O)Nc1c(F)cccc1Cl)C(F)(F)F. The summed E-state index contributed by atoms with van der Waals surface area (Å²) in [4.78, 5) is 17.1. The summed E-state index contributed by atoms with van der Waals surface area (Å²) >= 11 is 5.92. The number of benzene rings is 2. The van der Waals surface area contributed by atoms with Crippen LogP contribution in [0.25, 0.3) is 11.4 Å². The van der Waals surface area contributed by atoms with Gasteiger partial charge in [-0.3, -0.25) is 4.79 Å². The van der Waals surface area contributed by atoms with Gasteiger partial charge in [-0.05, 0) is 57.9 Å². The van der Waals surface area contributed by atoms with Crippen LogP contribution in [0.1, 0.15) is 55.8 Å². The normalized spacial score (nSPS) is 15.0. The molecule has 3 aromatic rings. The summed E-state index contributed by atoms with van der Waals surface area (Å²) < 4.78 is 75.8. The number of halogens is 6. The number of aliphatic hydroxyl groups is 1. The Labute approximate surface area is 213 Å². The van der Waals surface area contributed by atoms with Crippen LogP contribution >= 0.6 is 11.6 Å². The van der Waals surface area contributed by atoms with E-state index in [9.17, 15) is 27.5 Å².